The van der Waals surface area contributed by atoms with E-state index in [4.69, 9.17) is 9.57 Å². The Bertz CT molecular complexity index is 709. The molecule has 22 heavy (non-hydrogen) atoms. The van der Waals surface area contributed by atoms with Gasteiger partial charge in [0.25, 0.3) is 0 Å². The third-order valence-corrected chi connectivity index (χ3v) is 3.85. The quantitative estimate of drug-likeness (QED) is 0.809. The maximum Gasteiger partial charge on any atom is 0.175 e. The first kappa shape index (κ1) is 14.3. The molecule has 0 amide bonds. The fraction of sp³-hybridized carbons (Fsp3) is 0.222. The normalized spacial score (nSPS) is 20.2. The average Bonchev–Trinajstić information content (AvgIpc) is 2.96. The predicted octanol–water partition coefficient (Wildman–Crippen LogP) is 3.64. The van der Waals surface area contributed by atoms with Crippen LogP contribution in [0.2, 0.25) is 0 Å². The number of benzene rings is 2. The molecule has 0 radical (unpaired) electrons. The number of ketones is 1. The highest BCUT2D eigenvalue weighted by atomic mass is 16.6. The van der Waals surface area contributed by atoms with Crippen molar-refractivity contribution in [1.82, 2.24) is 0 Å². The minimum absolute atomic E-state index is 0.00950. The van der Waals surface area contributed by atoms with Gasteiger partial charge in [0.05, 0.1) is 12.8 Å². The molecule has 1 aliphatic heterocycles. The lowest BCUT2D eigenvalue weighted by Crippen LogP contribution is -2.25. The smallest absolute Gasteiger partial charge is 0.175 e. The van der Waals surface area contributed by atoms with Gasteiger partial charge in [0, 0.05) is 11.1 Å². The van der Waals surface area contributed by atoms with Gasteiger partial charge in [-0.05, 0) is 13.0 Å². The van der Waals surface area contributed by atoms with Crippen molar-refractivity contribution in [2.45, 2.75) is 13.0 Å². The van der Waals surface area contributed by atoms with E-state index in [2.05, 4.69) is 5.16 Å². The highest BCUT2D eigenvalue weighted by Gasteiger charge is 2.40. The van der Waals surface area contributed by atoms with Crippen LogP contribution in [0.15, 0.2) is 59.8 Å². The Kier molecular flexibility index (Phi) is 3.92. The SMILES string of the molecule is COc1ccccc1C1ON=C(C)[C@@H]1C(=O)c1ccccc1. The molecule has 1 heterocycles. The van der Waals surface area contributed by atoms with Crippen LogP contribution in [0.1, 0.15) is 28.9 Å². The molecule has 0 spiro atoms. The Labute approximate surface area is 129 Å². The summed E-state index contributed by atoms with van der Waals surface area (Å²) in [5.41, 5.74) is 2.18. The molecular formula is C18H17NO3. The topological polar surface area (TPSA) is 47.9 Å². The van der Waals surface area contributed by atoms with E-state index >= 15 is 0 Å². The molecule has 2 aromatic carbocycles. The molecule has 0 fully saturated rings. The number of carbonyl (C=O) groups is 1. The standard InChI is InChI=1S/C18H17NO3/c1-12-16(17(20)13-8-4-3-5-9-13)18(22-19-12)14-10-6-7-11-15(14)21-2/h3-11,16,18H,1-2H3/t16-,18?/m1/s1. The van der Waals surface area contributed by atoms with Crippen LogP contribution >= 0.6 is 0 Å². The molecule has 0 saturated carbocycles. The monoisotopic (exact) mass is 295 g/mol. The third kappa shape index (κ3) is 2.48. The average molecular weight is 295 g/mol. The Morgan fingerprint density at radius 1 is 1.09 bits per heavy atom. The van der Waals surface area contributed by atoms with Crippen molar-refractivity contribution in [3.63, 3.8) is 0 Å². The lowest BCUT2D eigenvalue weighted by Gasteiger charge is -2.19. The van der Waals surface area contributed by atoms with Gasteiger partial charge in [0.15, 0.2) is 11.9 Å². The minimum Gasteiger partial charge on any atom is -0.496 e. The van der Waals surface area contributed by atoms with Crippen molar-refractivity contribution >= 4 is 11.5 Å². The van der Waals surface area contributed by atoms with E-state index in [0.717, 1.165) is 5.56 Å². The number of carbonyl (C=O) groups excluding carboxylic acids is 1. The van der Waals surface area contributed by atoms with Gasteiger partial charge in [-0.15, -0.1) is 0 Å². The molecule has 4 heteroatoms. The zero-order valence-corrected chi connectivity index (χ0v) is 12.5. The summed E-state index contributed by atoms with van der Waals surface area (Å²) in [6, 6.07) is 16.8. The van der Waals surface area contributed by atoms with Crippen molar-refractivity contribution < 1.29 is 14.4 Å². The van der Waals surface area contributed by atoms with Crippen molar-refractivity contribution in [1.29, 1.82) is 0 Å². The van der Waals surface area contributed by atoms with Crippen molar-refractivity contribution in [3.8, 4) is 5.75 Å². The number of nitrogens with zero attached hydrogens (tertiary/aromatic N) is 1. The van der Waals surface area contributed by atoms with Gasteiger partial charge in [-0.1, -0.05) is 53.7 Å². The lowest BCUT2D eigenvalue weighted by atomic mass is 9.86. The van der Waals surface area contributed by atoms with E-state index in [9.17, 15) is 4.79 Å². The number of Topliss-reactive ketones (excluding diaryl/α,β-unsaturated/α-hetero) is 1. The van der Waals surface area contributed by atoms with Crippen LogP contribution in [-0.2, 0) is 4.84 Å². The third-order valence-electron chi connectivity index (χ3n) is 3.85. The lowest BCUT2D eigenvalue weighted by molar-refractivity contribution is 0.0521. The summed E-state index contributed by atoms with van der Waals surface area (Å²) in [6.07, 6.45) is -0.455. The summed E-state index contributed by atoms with van der Waals surface area (Å²) in [5.74, 6) is 0.275. The van der Waals surface area contributed by atoms with E-state index in [1.807, 2.05) is 61.5 Å². The van der Waals surface area contributed by atoms with Crippen molar-refractivity contribution in [3.05, 3.63) is 65.7 Å². The van der Waals surface area contributed by atoms with Crippen molar-refractivity contribution in [2.75, 3.05) is 7.11 Å². The summed E-state index contributed by atoms with van der Waals surface area (Å²) in [4.78, 5) is 18.4. The van der Waals surface area contributed by atoms with E-state index in [0.29, 0.717) is 17.0 Å². The second-order valence-corrected chi connectivity index (χ2v) is 5.21. The molecule has 1 aliphatic rings. The van der Waals surface area contributed by atoms with Crippen LogP contribution in [0.3, 0.4) is 0 Å². The van der Waals surface area contributed by atoms with E-state index in [1.165, 1.54) is 0 Å². The van der Waals surface area contributed by atoms with E-state index in [-0.39, 0.29) is 5.78 Å². The number of para-hydroxylation sites is 1. The summed E-state index contributed by atoms with van der Waals surface area (Å²) >= 11 is 0. The number of hydrogen-bond acceptors (Lipinski definition) is 4. The molecule has 0 N–H and O–H groups in total. The van der Waals surface area contributed by atoms with Crippen LogP contribution in [0, 0.1) is 5.92 Å². The molecule has 0 saturated heterocycles. The summed E-state index contributed by atoms with van der Waals surface area (Å²) in [7, 11) is 1.61. The Morgan fingerprint density at radius 2 is 1.77 bits per heavy atom. The number of ether oxygens (including phenoxy) is 1. The number of methoxy groups -OCH3 is 1. The molecule has 2 aromatic rings. The fourth-order valence-electron chi connectivity index (χ4n) is 2.72. The Balaban J connectivity index is 1.98. The number of hydrogen-bond donors (Lipinski definition) is 0. The van der Waals surface area contributed by atoms with E-state index in [1.54, 1.807) is 7.11 Å². The van der Waals surface area contributed by atoms with Crippen molar-refractivity contribution in [2.24, 2.45) is 11.1 Å². The molecule has 4 nitrogen and oxygen atoms in total. The van der Waals surface area contributed by atoms with Gasteiger partial charge < -0.3 is 9.57 Å². The zero-order chi connectivity index (χ0) is 15.5. The van der Waals surface area contributed by atoms with Gasteiger partial charge in [-0.25, -0.2) is 0 Å². The fourth-order valence-corrected chi connectivity index (χ4v) is 2.72. The maximum absolute atomic E-state index is 12.8. The summed E-state index contributed by atoms with van der Waals surface area (Å²) < 4.78 is 5.38. The van der Waals surface area contributed by atoms with Crippen LogP contribution in [0.5, 0.6) is 5.75 Å². The van der Waals surface area contributed by atoms with Crippen LogP contribution in [0.4, 0.5) is 0 Å². The van der Waals surface area contributed by atoms with Gasteiger partial charge in [-0.3, -0.25) is 4.79 Å². The summed E-state index contributed by atoms with van der Waals surface area (Å²) in [6.45, 7) is 1.82. The molecule has 2 atom stereocenters. The van der Waals surface area contributed by atoms with Crippen LogP contribution < -0.4 is 4.74 Å². The second kappa shape index (κ2) is 6.02. The molecule has 0 aliphatic carbocycles. The van der Waals surface area contributed by atoms with Gasteiger partial charge in [0.1, 0.15) is 11.7 Å². The molecule has 0 aromatic heterocycles. The first-order chi connectivity index (χ1) is 10.7. The maximum atomic E-state index is 12.8. The summed E-state index contributed by atoms with van der Waals surface area (Å²) in [5, 5.41) is 4.04. The molecule has 3 rings (SSSR count). The van der Waals surface area contributed by atoms with Crippen LogP contribution in [0.25, 0.3) is 0 Å². The largest absolute Gasteiger partial charge is 0.496 e. The first-order valence-corrected chi connectivity index (χ1v) is 7.15. The van der Waals surface area contributed by atoms with Gasteiger partial charge in [0.2, 0.25) is 0 Å². The Morgan fingerprint density at radius 3 is 2.50 bits per heavy atom. The second-order valence-electron chi connectivity index (χ2n) is 5.21. The minimum atomic E-state index is -0.455. The number of rotatable bonds is 4. The van der Waals surface area contributed by atoms with Crippen LogP contribution in [-0.4, -0.2) is 18.6 Å². The van der Waals surface area contributed by atoms with E-state index < -0.39 is 12.0 Å². The molecule has 0 bridgehead atoms. The Hall–Kier alpha value is -2.62. The molecule has 1 unspecified atom stereocenters. The highest BCUT2D eigenvalue weighted by Crippen LogP contribution is 2.39. The molecule has 112 valence electrons. The van der Waals surface area contributed by atoms with Gasteiger partial charge >= 0.3 is 0 Å². The predicted molar refractivity (Wildman–Crippen MR) is 84.2 cm³/mol. The first-order valence-electron chi connectivity index (χ1n) is 7.15. The number of oxime groups is 1. The van der Waals surface area contributed by atoms with Gasteiger partial charge in [-0.2, -0.15) is 0 Å². The zero-order valence-electron chi connectivity index (χ0n) is 12.5. The molecular weight excluding hydrogens is 278 g/mol. The highest BCUT2D eigenvalue weighted by molar-refractivity contribution is 6.12.